The Bertz CT molecular complexity index is 843. The number of unbranched alkanes of at least 4 members (excludes halogenated alkanes) is 3. The normalized spacial score (nSPS) is 11.4. The topological polar surface area (TPSA) is 70.2 Å². The van der Waals surface area contributed by atoms with Crippen molar-refractivity contribution in [1.82, 2.24) is 16.0 Å². The molecule has 0 radical (unpaired) electrons. The minimum atomic E-state index is -0.515. The minimum absolute atomic E-state index is 0.0533. The molecule has 0 saturated carbocycles. The molecule has 0 heterocycles. The van der Waals surface area contributed by atoms with E-state index in [9.17, 15) is 9.59 Å². The first-order valence-corrected chi connectivity index (χ1v) is 12.3. The van der Waals surface area contributed by atoms with Crippen LogP contribution in [0.4, 0.5) is 0 Å². The summed E-state index contributed by atoms with van der Waals surface area (Å²) in [4.78, 5) is 26.1. The summed E-state index contributed by atoms with van der Waals surface area (Å²) < 4.78 is 0. The van der Waals surface area contributed by atoms with E-state index < -0.39 is 6.04 Å². The molecule has 2 aromatic rings. The van der Waals surface area contributed by atoms with Crippen molar-refractivity contribution in [3.05, 3.63) is 71.8 Å². The number of rotatable bonds is 15. The summed E-state index contributed by atoms with van der Waals surface area (Å²) in [6, 6.07) is 19.7. The zero-order chi connectivity index (χ0) is 23.7. The largest absolute Gasteiger partial charge is 0.380 e. The van der Waals surface area contributed by atoms with Crippen LogP contribution in [0.1, 0.15) is 63.0 Å². The molecule has 0 saturated heterocycles. The number of aryl methyl sites for hydroxylation is 1. The van der Waals surface area contributed by atoms with Gasteiger partial charge in [-0.2, -0.15) is 0 Å². The van der Waals surface area contributed by atoms with E-state index in [-0.39, 0.29) is 11.8 Å². The summed E-state index contributed by atoms with van der Waals surface area (Å²) in [5.41, 5.74) is 2.37. The molecule has 6 heteroatoms. The van der Waals surface area contributed by atoms with Crippen LogP contribution in [0.25, 0.3) is 0 Å². The molecule has 3 N–H and O–H groups in total. The van der Waals surface area contributed by atoms with E-state index in [0.29, 0.717) is 19.4 Å². The van der Waals surface area contributed by atoms with Crippen molar-refractivity contribution in [1.29, 1.82) is 0 Å². The summed E-state index contributed by atoms with van der Waals surface area (Å²) in [7, 11) is 0. The van der Waals surface area contributed by atoms with Gasteiger partial charge in [0.25, 0.3) is 0 Å². The molecule has 178 valence electrons. The lowest BCUT2D eigenvalue weighted by molar-refractivity contribution is -0.129. The quantitative estimate of drug-likeness (QED) is 0.262. The zero-order valence-corrected chi connectivity index (χ0v) is 20.5. The maximum absolute atomic E-state index is 12.8. The lowest BCUT2D eigenvalue weighted by Gasteiger charge is -2.19. The van der Waals surface area contributed by atoms with Gasteiger partial charge < -0.3 is 16.0 Å². The molecule has 0 aliphatic carbocycles. The summed E-state index contributed by atoms with van der Waals surface area (Å²) in [6.45, 7) is 3.09. The number of thiocarbonyl (C=S) groups is 1. The lowest BCUT2D eigenvalue weighted by Crippen LogP contribution is -2.46. The molecule has 0 aliphatic rings. The first-order valence-electron chi connectivity index (χ1n) is 11.9. The van der Waals surface area contributed by atoms with Crippen LogP contribution in [0.2, 0.25) is 0 Å². The molecule has 0 aliphatic heterocycles. The second kappa shape index (κ2) is 16.0. The van der Waals surface area contributed by atoms with Crippen LogP contribution in [0, 0.1) is 0 Å². The molecule has 0 bridgehead atoms. The van der Waals surface area contributed by atoms with Gasteiger partial charge in [0.2, 0.25) is 11.8 Å². The molecule has 0 unspecified atom stereocenters. The van der Waals surface area contributed by atoms with Gasteiger partial charge in [-0.05, 0) is 56.6 Å². The molecule has 5 nitrogen and oxygen atoms in total. The first kappa shape index (κ1) is 26.5. The van der Waals surface area contributed by atoms with E-state index in [4.69, 9.17) is 12.2 Å². The molecule has 0 aromatic heterocycles. The Hall–Kier alpha value is -2.73. The number of hydrogen-bond acceptors (Lipinski definition) is 3. The third-order valence-electron chi connectivity index (χ3n) is 5.47. The SMILES string of the molecule is CC(=S)NCCCC[C@H](NC(=O)CCCCCc1ccccc1)C(=O)NCc1ccccc1. The third-order valence-corrected chi connectivity index (χ3v) is 5.61. The Morgan fingerprint density at radius 3 is 2.15 bits per heavy atom. The molecule has 1 atom stereocenters. The Balaban J connectivity index is 1.74. The van der Waals surface area contributed by atoms with Crippen molar-refractivity contribution in [2.75, 3.05) is 6.54 Å². The van der Waals surface area contributed by atoms with Crippen LogP contribution in [0.15, 0.2) is 60.7 Å². The molecular formula is C27H37N3O2S. The van der Waals surface area contributed by atoms with E-state index in [1.807, 2.05) is 43.3 Å². The first-order chi connectivity index (χ1) is 16.0. The second-order valence-corrected chi connectivity index (χ2v) is 8.96. The van der Waals surface area contributed by atoms with E-state index >= 15 is 0 Å². The van der Waals surface area contributed by atoms with Crippen LogP contribution in [0.3, 0.4) is 0 Å². The third kappa shape index (κ3) is 12.2. The molecular weight excluding hydrogens is 430 g/mol. The summed E-state index contributed by atoms with van der Waals surface area (Å²) >= 11 is 5.03. The minimum Gasteiger partial charge on any atom is -0.380 e. The fraction of sp³-hybridized carbons (Fsp3) is 0.444. The Morgan fingerprint density at radius 1 is 0.818 bits per heavy atom. The standard InChI is InChI=1S/C27H37N3O2S/c1-22(33)28-20-12-11-18-25(27(32)29-21-24-16-8-3-9-17-24)30-26(31)19-10-4-7-15-23-13-5-2-6-14-23/h2-3,5-6,8-9,13-14,16-17,25H,4,7,10-12,15,18-21H2,1H3,(H,28,33)(H,29,32)(H,30,31)/t25-/m0/s1. The number of nitrogens with one attached hydrogen (secondary N) is 3. The van der Waals surface area contributed by atoms with Gasteiger partial charge in [0.15, 0.2) is 0 Å². The van der Waals surface area contributed by atoms with Gasteiger partial charge in [0.05, 0.1) is 4.99 Å². The van der Waals surface area contributed by atoms with Crippen molar-refractivity contribution < 1.29 is 9.59 Å². The van der Waals surface area contributed by atoms with Gasteiger partial charge in [-0.1, -0.05) is 79.3 Å². The zero-order valence-electron chi connectivity index (χ0n) is 19.6. The predicted molar refractivity (Wildman–Crippen MR) is 139 cm³/mol. The van der Waals surface area contributed by atoms with Crippen molar-refractivity contribution in [3.63, 3.8) is 0 Å². The average molecular weight is 468 g/mol. The summed E-state index contributed by atoms with van der Waals surface area (Å²) in [6.07, 6.45) is 6.70. The van der Waals surface area contributed by atoms with Crippen LogP contribution in [-0.4, -0.2) is 29.4 Å². The maximum atomic E-state index is 12.8. The number of amides is 2. The highest BCUT2D eigenvalue weighted by molar-refractivity contribution is 7.80. The maximum Gasteiger partial charge on any atom is 0.242 e. The molecule has 2 amide bonds. The van der Waals surface area contributed by atoms with Crippen LogP contribution < -0.4 is 16.0 Å². The van der Waals surface area contributed by atoms with E-state index in [1.165, 1.54) is 5.56 Å². The molecule has 0 spiro atoms. The second-order valence-electron chi connectivity index (χ2n) is 8.35. The van der Waals surface area contributed by atoms with E-state index in [2.05, 4.69) is 40.2 Å². The summed E-state index contributed by atoms with van der Waals surface area (Å²) in [5.74, 6) is -0.183. The Morgan fingerprint density at radius 2 is 1.48 bits per heavy atom. The van der Waals surface area contributed by atoms with Gasteiger partial charge in [-0.25, -0.2) is 0 Å². The van der Waals surface area contributed by atoms with Gasteiger partial charge >= 0.3 is 0 Å². The van der Waals surface area contributed by atoms with Gasteiger partial charge in [0, 0.05) is 19.5 Å². The lowest BCUT2D eigenvalue weighted by atomic mass is 10.1. The molecule has 2 aromatic carbocycles. The van der Waals surface area contributed by atoms with Gasteiger partial charge in [-0.3, -0.25) is 9.59 Å². The van der Waals surface area contributed by atoms with Crippen molar-refractivity contribution in [2.24, 2.45) is 0 Å². The number of hydrogen-bond donors (Lipinski definition) is 3. The molecule has 2 rings (SSSR count). The Kier molecular flexibility index (Phi) is 12.8. The Labute approximate surface area is 203 Å². The number of carbonyl (C=O) groups is 2. The number of benzene rings is 2. The average Bonchev–Trinajstić information content (AvgIpc) is 2.82. The van der Waals surface area contributed by atoms with Gasteiger partial charge in [0.1, 0.15) is 6.04 Å². The van der Waals surface area contributed by atoms with Crippen LogP contribution >= 0.6 is 12.2 Å². The highest BCUT2D eigenvalue weighted by Crippen LogP contribution is 2.09. The number of carbonyl (C=O) groups excluding carboxylic acids is 2. The van der Waals surface area contributed by atoms with Crippen molar-refractivity contribution >= 4 is 29.0 Å². The fourth-order valence-electron chi connectivity index (χ4n) is 3.62. The highest BCUT2D eigenvalue weighted by atomic mass is 32.1. The van der Waals surface area contributed by atoms with Crippen molar-refractivity contribution in [3.8, 4) is 0 Å². The van der Waals surface area contributed by atoms with Gasteiger partial charge in [-0.15, -0.1) is 0 Å². The van der Waals surface area contributed by atoms with Crippen LogP contribution in [-0.2, 0) is 22.6 Å². The molecule has 0 fully saturated rings. The predicted octanol–water partition coefficient (Wildman–Crippen LogP) is 4.70. The molecule has 33 heavy (non-hydrogen) atoms. The summed E-state index contributed by atoms with van der Waals surface area (Å²) in [5, 5.41) is 9.06. The fourth-order valence-corrected chi connectivity index (χ4v) is 3.72. The van der Waals surface area contributed by atoms with E-state index in [1.54, 1.807) is 0 Å². The van der Waals surface area contributed by atoms with E-state index in [0.717, 1.165) is 55.6 Å². The van der Waals surface area contributed by atoms with Crippen molar-refractivity contribution in [2.45, 2.75) is 70.9 Å². The monoisotopic (exact) mass is 467 g/mol. The van der Waals surface area contributed by atoms with Crippen LogP contribution in [0.5, 0.6) is 0 Å². The smallest absolute Gasteiger partial charge is 0.242 e. The highest BCUT2D eigenvalue weighted by Gasteiger charge is 2.20.